The molecular formula is C26H26N2O2. The van der Waals surface area contributed by atoms with Gasteiger partial charge in [-0.05, 0) is 64.9 Å². The van der Waals surface area contributed by atoms with E-state index >= 15 is 0 Å². The first-order valence-corrected chi connectivity index (χ1v) is 10.8. The molecule has 2 unspecified atom stereocenters. The normalized spacial score (nSPS) is 21.1. The number of aromatic nitrogens is 1. The molecular weight excluding hydrogens is 372 g/mol. The number of amides is 1. The van der Waals surface area contributed by atoms with Gasteiger partial charge in [0.25, 0.3) is 5.91 Å². The third-order valence-electron chi connectivity index (χ3n) is 6.61. The first-order chi connectivity index (χ1) is 14.7. The molecule has 0 radical (unpaired) electrons. The van der Waals surface area contributed by atoms with Gasteiger partial charge in [0.05, 0.1) is 17.8 Å². The molecule has 3 aromatic rings. The van der Waals surface area contributed by atoms with E-state index in [4.69, 9.17) is 0 Å². The highest BCUT2D eigenvalue weighted by Crippen LogP contribution is 2.37. The van der Waals surface area contributed by atoms with Gasteiger partial charge in [0.2, 0.25) is 0 Å². The summed E-state index contributed by atoms with van der Waals surface area (Å²) in [4.78, 5) is 19.7. The second-order valence-corrected chi connectivity index (χ2v) is 8.43. The van der Waals surface area contributed by atoms with E-state index in [1.807, 2.05) is 23.2 Å². The van der Waals surface area contributed by atoms with Crippen molar-refractivity contribution in [2.75, 3.05) is 0 Å². The van der Waals surface area contributed by atoms with Crippen LogP contribution in [0, 0.1) is 0 Å². The molecule has 4 nitrogen and oxygen atoms in total. The Morgan fingerprint density at radius 2 is 1.93 bits per heavy atom. The average Bonchev–Trinajstić information content (AvgIpc) is 3.11. The molecule has 1 aliphatic heterocycles. The van der Waals surface area contributed by atoms with Gasteiger partial charge in [-0.2, -0.15) is 0 Å². The van der Waals surface area contributed by atoms with Gasteiger partial charge < -0.3 is 10.0 Å². The molecule has 1 amide bonds. The Morgan fingerprint density at radius 1 is 1.13 bits per heavy atom. The predicted octanol–water partition coefficient (Wildman–Crippen LogP) is 4.73. The maximum atomic E-state index is 13.4. The van der Waals surface area contributed by atoms with Crippen molar-refractivity contribution in [2.45, 2.75) is 50.8 Å². The highest BCUT2D eigenvalue weighted by Gasteiger charge is 2.38. The zero-order chi connectivity index (χ0) is 20.7. The molecule has 2 aromatic carbocycles. The summed E-state index contributed by atoms with van der Waals surface area (Å²) < 4.78 is 0. The van der Waals surface area contributed by atoms with E-state index in [2.05, 4.69) is 41.9 Å². The van der Waals surface area contributed by atoms with Gasteiger partial charge in [-0.25, -0.2) is 0 Å². The number of pyridine rings is 1. The van der Waals surface area contributed by atoms with Crippen molar-refractivity contribution >= 4 is 22.8 Å². The lowest BCUT2D eigenvalue weighted by Crippen LogP contribution is -2.45. The van der Waals surface area contributed by atoms with Crippen molar-refractivity contribution in [1.29, 1.82) is 0 Å². The maximum absolute atomic E-state index is 13.4. The van der Waals surface area contributed by atoms with Crippen LogP contribution in [0.25, 0.3) is 16.8 Å². The summed E-state index contributed by atoms with van der Waals surface area (Å²) in [6.07, 6.45) is 7.69. The number of fused-ring (bicyclic) bond motifs is 3. The molecule has 30 heavy (non-hydrogen) atoms. The van der Waals surface area contributed by atoms with E-state index in [1.54, 1.807) is 6.08 Å². The second-order valence-electron chi connectivity index (χ2n) is 8.43. The highest BCUT2D eigenvalue weighted by molar-refractivity contribution is 6.05. The third-order valence-corrected chi connectivity index (χ3v) is 6.61. The van der Waals surface area contributed by atoms with Crippen LogP contribution in [-0.4, -0.2) is 33.0 Å². The molecule has 152 valence electrons. The van der Waals surface area contributed by atoms with Crippen LogP contribution in [0.5, 0.6) is 0 Å². The Labute approximate surface area is 176 Å². The van der Waals surface area contributed by atoms with Gasteiger partial charge in [-0.15, -0.1) is 0 Å². The molecule has 1 aromatic heterocycles. The number of nitrogens with zero attached hydrogens (tertiary/aromatic N) is 2. The van der Waals surface area contributed by atoms with E-state index in [9.17, 15) is 9.90 Å². The summed E-state index contributed by atoms with van der Waals surface area (Å²) in [5.41, 5.74) is 4.98. The highest BCUT2D eigenvalue weighted by atomic mass is 16.3. The van der Waals surface area contributed by atoms with Gasteiger partial charge in [-0.1, -0.05) is 49.8 Å². The van der Waals surface area contributed by atoms with Gasteiger partial charge in [0, 0.05) is 18.3 Å². The molecule has 4 heteroatoms. The fourth-order valence-corrected chi connectivity index (χ4v) is 5.02. The molecule has 2 heterocycles. The van der Waals surface area contributed by atoms with Crippen LogP contribution in [0.4, 0.5) is 0 Å². The van der Waals surface area contributed by atoms with Crippen molar-refractivity contribution < 1.29 is 9.90 Å². The number of hydrogen-bond donors (Lipinski definition) is 1. The first-order valence-electron chi connectivity index (χ1n) is 10.8. The van der Waals surface area contributed by atoms with Crippen molar-refractivity contribution in [2.24, 2.45) is 0 Å². The second kappa shape index (κ2) is 7.69. The van der Waals surface area contributed by atoms with Crippen molar-refractivity contribution in [3.05, 3.63) is 83.2 Å². The number of carbonyl (C=O) groups excluding carboxylic acids is 1. The van der Waals surface area contributed by atoms with Crippen molar-refractivity contribution in [3.63, 3.8) is 0 Å². The largest absolute Gasteiger partial charge is 0.391 e. The summed E-state index contributed by atoms with van der Waals surface area (Å²) in [6.45, 7) is 4.35. The number of carbonyl (C=O) groups is 1. The summed E-state index contributed by atoms with van der Waals surface area (Å²) >= 11 is 0. The molecule has 1 aliphatic carbocycles. The van der Waals surface area contributed by atoms with Crippen LogP contribution >= 0.6 is 0 Å². The van der Waals surface area contributed by atoms with Crippen LogP contribution in [-0.2, 0) is 13.0 Å². The number of aliphatic hydroxyl groups excluding tert-OH is 1. The van der Waals surface area contributed by atoms with Gasteiger partial charge in [0.15, 0.2) is 0 Å². The fraction of sp³-hybridized carbons (Fsp3) is 0.308. The van der Waals surface area contributed by atoms with Crippen LogP contribution < -0.4 is 0 Å². The van der Waals surface area contributed by atoms with E-state index in [-0.39, 0.29) is 11.9 Å². The summed E-state index contributed by atoms with van der Waals surface area (Å²) in [7, 11) is 0. The van der Waals surface area contributed by atoms with Gasteiger partial charge in [0.1, 0.15) is 0 Å². The van der Waals surface area contributed by atoms with E-state index < -0.39 is 6.10 Å². The molecule has 5 rings (SSSR count). The van der Waals surface area contributed by atoms with Crippen molar-refractivity contribution in [1.82, 2.24) is 9.88 Å². The lowest BCUT2D eigenvalue weighted by Gasteiger charge is -2.35. The molecule has 1 N–H and O–H groups in total. The lowest BCUT2D eigenvalue weighted by atomic mass is 9.91. The van der Waals surface area contributed by atoms with Gasteiger partial charge in [-0.3, -0.25) is 9.78 Å². The van der Waals surface area contributed by atoms with Crippen LogP contribution in [0.3, 0.4) is 0 Å². The number of hydrogen-bond acceptors (Lipinski definition) is 3. The Balaban J connectivity index is 1.55. The fourth-order valence-electron chi connectivity index (χ4n) is 5.02. The average molecular weight is 399 g/mol. The molecule has 0 bridgehead atoms. The third kappa shape index (κ3) is 3.21. The number of aliphatic hydroxyl groups is 1. The summed E-state index contributed by atoms with van der Waals surface area (Å²) in [6, 6.07) is 14.4. The summed E-state index contributed by atoms with van der Waals surface area (Å²) in [5, 5.41) is 12.8. The zero-order valence-corrected chi connectivity index (χ0v) is 17.1. The Morgan fingerprint density at radius 3 is 2.67 bits per heavy atom. The maximum Gasteiger partial charge on any atom is 0.254 e. The Kier molecular flexibility index (Phi) is 4.87. The van der Waals surface area contributed by atoms with Crippen LogP contribution in [0.15, 0.2) is 55.2 Å². The molecule has 1 saturated carbocycles. The predicted molar refractivity (Wildman–Crippen MR) is 119 cm³/mol. The van der Waals surface area contributed by atoms with E-state index in [0.29, 0.717) is 6.54 Å². The minimum absolute atomic E-state index is 0.0584. The lowest BCUT2D eigenvalue weighted by molar-refractivity contribution is 0.0192. The van der Waals surface area contributed by atoms with Crippen LogP contribution in [0.1, 0.15) is 58.4 Å². The molecule has 0 saturated heterocycles. The quantitative estimate of drug-likeness (QED) is 0.691. The first kappa shape index (κ1) is 19.0. The SMILES string of the molecule is C=Cc1ccc(Cc2cc3c(c4ccccc24)CN(C2CCCCC2O)C3=O)cn1. The topological polar surface area (TPSA) is 53.4 Å². The monoisotopic (exact) mass is 398 g/mol. The summed E-state index contributed by atoms with van der Waals surface area (Å²) in [5.74, 6) is 0.0584. The minimum Gasteiger partial charge on any atom is -0.391 e. The minimum atomic E-state index is -0.419. The van der Waals surface area contributed by atoms with Gasteiger partial charge >= 0.3 is 0 Å². The molecule has 0 spiro atoms. The number of benzene rings is 2. The van der Waals surface area contributed by atoms with E-state index in [1.165, 1.54) is 5.39 Å². The smallest absolute Gasteiger partial charge is 0.254 e. The van der Waals surface area contributed by atoms with E-state index in [0.717, 1.165) is 65.4 Å². The molecule has 1 fully saturated rings. The number of rotatable bonds is 4. The van der Waals surface area contributed by atoms with Crippen molar-refractivity contribution in [3.8, 4) is 0 Å². The Hall–Kier alpha value is -2.98. The molecule has 2 aliphatic rings. The van der Waals surface area contributed by atoms with Crippen LogP contribution in [0.2, 0.25) is 0 Å². The standard InChI is InChI=1S/C26H26N2O2/c1-2-19-12-11-17(15-27-19)13-18-14-22-23(21-8-4-3-7-20(18)21)16-28(26(22)30)24-9-5-6-10-25(24)29/h2-4,7-8,11-12,14-15,24-25,29H,1,5-6,9-10,13,16H2. The zero-order valence-electron chi connectivity index (χ0n) is 17.1. The Bertz CT molecular complexity index is 1120. The molecule has 2 atom stereocenters.